The number of imidazole rings is 1. The zero-order valence-electron chi connectivity index (χ0n) is 22.6. The Morgan fingerprint density at radius 1 is 1.18 bits per heavy atom. The Balaban J connectivity index is 1.62. The quantitative estimate of drug-likeness (QED) is 0.365. The molecular weight excluding hydrogens is 502 g/mol. The van der Waals surface area contributed by atoms with Gasteiger partial charge in [-0.15, -0.1) is 0 Å². The van der Waals surface area contributed by atoms with Crippen LogP contribution in [0.15, 0.2) is 39.4 Å². The van der Waals surface area contributed by atoms with E-state index in [4.69, 9.17) is 15.5 Å². The van der Waals surface area contributed by atoms with E-state index in [0.29, 0.717) is 24.7 Å². The molecule has 0 radical (unpaired) electrons. The Bertz CT molecular complexity index is 1630. The predicted molar refractivity (Wildman–Crippen MR) is 148 cm³/mol. The predicted octanol–water partition coefficient (Wildman–Crippen LogP) is 1.03. The van der Waals surface area contributed by atoms with E-state index in [9.17, 15) is 19.2 Å². The second-order valence-corrected chi connectivity index (χ2v) is 10.4. The van der Waals surface area contributed by atoms with E-state index in [2.05, 4.69) is 4.90 Å². The molecule has 0 bridgehead atoms. The monoisotopic (exact) mass is 535 g/mol. The van der Waals surface area contributed by atoms with Gasteiger partial charge in [0.05, 0.1) is 17.8 Å². The van der Waals surface area contributed by atoms with Crippen molar-refractivity contribution < 1.29 is 14.3 Å². The van der Waals surface area contributed by atoms with Crippen molar-refractivity contribution in [3.05, 3.63) is 56.2 Å². The SMILES string of the molecule is CC(C)=CCn1c(N2CCCC(N)C2)nc2c1c(=O)n(CC(=O)c1cccc3c1OCC(=O)N3C)c(=O)n2C. The summed E-state index contributed by atoms with van der Waals surface area (Å²) < 4.78 is 9.63. The summed E-state index contributed by atoms with van der Waals surface area (Å²) in [5.74, 6) is 0.114. The van der Waals surface area contributed by atoms with E-state index in [1.54, 1.807) is 36.9 Å². The number of likely N-dealkylation sites (N-methyl/N-ethyl adjacent to an activating group) is 1. The fraction of sp³-hybridized carbons (Fsp3) is 0.444. The van der Waals surface area contributed by atoms with E-state index in [1.165, 1.54) is 9.47 Å². The molecule has 2 N–H and O–H groups in total. The molecular formula is C27H33N7O5. The maximum atomic E-state index is 13.9. The summed E-state index contributed by atoms with van der Waals surface area (Å²) in [7, 11) is 3.15. The second kappa shape index (κ2) is 10.2. The number of carbonyl (C=O) groups excluding carboxylic acids is 2. The van der Waals surface area contributed by atoms with Gasteiger partial charge in [-0.2, -0.15) is 4.98 Å². The Morgan fingerprint density at radius 3 is 2.67 bits per heavy atom. The van der Waals surface area contributed by atoms with Gasteiger partial charge in [0.2, 0.25) is 5.95 Å². The highest BCUT2D eigenvalue weighted by Crippen LogP contribution is 2.35. The van der Waals surface area contributed by atoms with Crippen molar-refractivity contribution in [3.8, 4) is 5.75 Å². The van der Waals surface area contributed by atoms with Crippen LogP contribution in [0, 0.1) is 0 Å². The van der Waals surface area contributed by atoms with Crippen LogP contribution in [-0.4, -0.2) is 63.2 Å². The van der Waals surface area contributed by atoms with Crippen molar-refractivity contribution >= 4 is 34.5 Å². The molecule has 12 nitrogen and oxygen atoms in total. The Labute approximate surface area is 224 Å². The van der Waals surface area contributed by atoms with Crippen molar-refractivity contribution in [3.63, 3.8) is 0 Å². The number of hydrogen-bond donors (Lipinski definition) is 1. The van der Waals surface area contributed by atoms with Crippen LogP contribution in [0.1, 0.15) is 37.0 Å². The number of carbonyl (C=O) groups is 2. The number of fused-ring (bicyclic) bond motifs is 2. The fourth-order valence-electron chi connectivity index (χ4n) is 5.13. The zero-order valence-corrected chi connectivity index (χ0v) is 22.6. The number of amides is 1. The van der Waals surface area contributed by atoms with Gasteiger partial charge in [0, 0.05) is 39.8 Å². The molecule has 0 spiro atoms. The molecule has 206 valence electrons. The molecule has 1 amide bonds. The molecule has 39 heavy (non-hydrogen) atoms. The number of Topliss-reactive ketones (excluding diaryl/α,β-unsaturated/α-hetero) is 1. The number of benzene rings is 1. The van der Waals surface area contributed by atoms with Crippen LogP contribution in [0.4, 0.5) is 11.6 Å². The van der Waals surface area contributed by atoms with Gasteiger partial charge >= 0.3 is 5.69 Å². The third-order valence-electron chi connectivity index (χ3n) is 7.31. The van der Waals surface area contributed by atoms with Crippen LogP contribution < -0.4 is 31.5 Å². The number of nitrogens with zero attached hydrogens (tertiary/aromatic N) is 6. The van der Waals surface area contributed by atoms with Crippen LogP contribution in [-0.2, 0) is 24.9 Å². The molecule has 1 aromatic carbocycles. The minimum atomic E-state index is -0.646. The topological polar surface area (TPSA) is 138 Å². The summed E-state index contributed by atoms with van der Waals surface area (Å²) >= 11 is 0. The Hall–Kier alpha value is -4.19. The molecule has 0 saturated carbocycles. The summed E-state index contributed by atoms with van der Waals surface area (Å²) in [5, 5.41) is 0. The van der Waals surface area contributed by atoms with Crippen LogP contribution >= 0.6 is 0 Å². The molecule has 1 unspecified atom stereocenters. The number of ketones is 1. The summed E-state index contributed by atoms with van der Waals surface area (Å²) in [6.07, 6.45) is 3.80. The Kier molecular flexibility index (Phi) is 6.89. The van der Waals surface area contributed by atoms with E-state index in [-0.39, 0.29) is 41.0 Å². The third kappa shape index (κ3) is 4.65. The molecule has 2 aromatic heterocycles. The highest BCUT2D eigenvalue weighted by molar-refractivity contribution is 6.04. The van der Waals surface area contributed by atoms with Crippen molar-refractivity contribution in [1.82, 2.24) is 18.7 Å². The number of aromatic nitrogens is 4. The number of aryl methyl sites for hydroxylation is 1. The maximum Gasteiger partial charge on any atom is 0.332 e. The number of piperidine rings is 1. The van der Waals surface area contributed by atoms with E-state index >= 15 is 0 Å². The smallest absolute Gasteiger partial charge is 0.332 e. The Morgan fingerprint density at radius 2 is 1.95 bits per heavy atom. The third-order valence-corrected chi connectivity index (χ3v) is 7.31. The van der Waals surface area contributed by atoms with Gasteiger partial charge < -0.3 is 24.8 Å². The molecule has 1 atom stereocenters. The normalized spacial score (nSPS) is 17.3. The zero-order chi connectivity index (χ0) is 28.0. The summed E-state index contributed by atoms with van der Waals surface area (Å²) in [5.41, 5.74) is 7.21. The van der Waals surface area contributed by atoms with Crippen LogP contribution in [0.2, 0.25) is 0 Å². The van der Waals surface area contributed by atoms with E-state index in [0.717, 1.165) is 29.5 Å². The summed E-state index contributed by atoms with van der Waals surface area (Å²) in [6.45, 7) is 4.95. The first-order chi connectivity index (χ1) is 18.6. The average Bonchev–Trinajstić information content (AvgIpc) is 3.30. The van der Waals surface area contributed by atoms with Gasteiger partial charge in [-0.05, 0) is 38.8 Å². The number of anilines is 2. The second-order valence-electron chi connectivity index (χ2n) is 10.4. The first kappa shape index (κ1) is 26.4. The standard InChI is InChI=1S/C27H33N7O5/c1-16(2)10-12-33-22-24(29-26(33)32-11-6-7-17(28)13-32)31(4)27(38)34(25(22)37)14-20(35)18-8-5-9-19-23(18)39-15-21(36)30(19)3/h5,8-10,17H,6-7,11-15,28H2,1-4H3. The number of ether oxygens (including phenoxy) is 1. The van der Waals surface area contributed by atoms with Crippen molar-refractivity contribution in [2.24, 2.45) is 12.8 Å². The minimum absolute atomic E-state index is 0.0121. The molecule has 2 aliphatic heterocycles. The lowest BCUT2D eigenvalue weighted by Gasteiger charge is -2.31. The number of rotatable bonds is 6. The lowest BCUT2D eigenvalue weighted by Crippen LogP contribution is -2.44. The lowest BCUT2D eigenvalue weighted by atomic mass is 10.1. The first-order valence-corrected chi connectivity index (χ1v) is 13.0. The molecule has 12 heteroatoms. The van der Waals surface area contributed by atoms with Crippen LogP contribution in [0.3, 0.4) is 0 Å². The van der Waals surface area contributed by atoms with Crippen LogP contribution in [0.25, 0.3) is 11.2 Å². The minimum Gasteiger partial charge on any atom is -0.481 e. The number of nitrogens with two attached hydrogens (primary N) is 1. The maximum absolute atomic E-state index is 13.9. The largest absolute Gasteiger partial charge is 0.481 e. The highest BCUT2D eigenvalue weighted by Gasteiger charge is 2.29. The number of hydrogen-bond acceptors (Lipinski definition) is 8. The fourth-order valence-corrected chi connectivity index (χ4v) is 5.13. The van der Waals surface area contributed by atoms with Gasteiger partial charge in [-0.1, -0.05) is 17.7 Å². The first-order valence-electron chi connectivity index (χ1n) is 13.0. The van der Waals surface area contributed by atoms with Crippen molar-refractivity contribution in [2.45, 2.75) is 45.8 Å². The molecule has 1 saturated heterocycles. The summed E-state index contributed by atoms with van der Waals surface area (Å²) in [6, 6.07) is 4.87. The average molecular weight is 536 g/mol. The van der Waals surface area contributed by atoms with Crippen LogP contribution in [0.5, 0.6) is 5.75 Å². The van der Waals surface area contributed by atoms with E-state index < -0.39 is 23.6 Å². The molecule has 3 aromatic rings. The van der Waals surface area contributed by atoms with Crippen molar-refractivity contribution in [1.29, 1.82) is 0 Å². The molecule has 0 aliphatic carbocycles. The van der Waals surface area contributed by atoms with Gasteiger partial charge in [-0.3, -0.25) is 23.5 Å². The van der Waals surface area contributed by atoms with Gasteiger partial charge in [0.1, 0.15) is 0 Å². The highest BCUT2D eigenvalue weighted by atomic mass is 16.5. The number of para-hydroxylation sites is 1. The number of allylic oxidation sites excluding steroid dienone is 2. The molecule has 2 aliphatic rings. The molecule has 1 fully saturated rings. The molecule has 4 heterocycles. The van der Waals surface area contributed by atoms with Crippen molar-refractivity contribution in [2.75, 3.05) is 36.5 Å². The van der Waals surface area contributed by atoms with Gasteiger partial charge in [-0.25, -0.2) is 4.79 Å². The van der Waals surface area contributed by atoms with Gasteiger partial charge in [0.15, 0.2) is 29.3 Å². The molecule has 5 rings (SSSR count). The summed E-state index contributed by atoms with van der Waals surface area (Å²) in [4.78, 5) is 61.0. The lowest BCUT2D eigenvalue weighted by molar-refractivity contribution is -0.121. The van der Waals surface area contributed by atoms with E-state index in [1.807, 2.05) is 19.9 Å². The van der Waals surface area contributed by atoms with Gasteiger partial charge in [0.25, 0.3) is 11.5 Å².